The number of fused-ring (bicyclic) bond motifs is 1. The lowest BCUT2D eigenvalue weighted by Gasteiger charge is -2.14. The highest BCUT2D eigenvalue weighted by Crippen LogP contribution is 2.55. The second-order valence-electron chi connectivity index (χ2n) is 9.41. The Morgan fingerprint density at radius 3 is 2.33 bits per heavy atom. The van der Waals surface area contributed by atoms with Crippen molar-refractivity contribution in [3.8, 4) is 22.5 Å². The van der Waals surface area contributed by atoms with Crippen LogP contribution in [-0.2, 0) is 6.18 Å². The number of alkyl halides is 5. The summed E-state index contributed by atoms with van der Waals surface area (Å²) >= 11 is 1.52. The summed E-state index contributed by atoms with van der Waals surface area (Å²) in [6.07, 6.45) is -0.170. The minimum Gasteiger partial charge on any atom is -0.328 e. The second kappa shape index (κ2) is 8.30. The fourth-order valence-electron chi connectivity index (χ4n) is 4.67. The van der Waals surface area contributed by atoms with E-state index in [1.165, 1.54) is 34.7 Å². The van der Waals surface area contributed by atoms with Crippen molar-refractivity contribution >= 4 is 22.8 Å². The maximum Gasteiger partial charge on any atom is 0.417 e. The number of aromatic nitrogens is 3. The molecule has 2 aliphatic carbocycles. The van der Waals surface area contributed by atoms with Crippen molar-refractivity contribution in [2.45, 2.75) is 55.1 Å². The topological polar surface area (TPSA) is 30.7 Å². The van der Waals surface area contributed by atoms with Crippen LogP contribution in [0.4, 0.5) is 22.0 Å². The normalized spacial score (nSPS) is 19.1. The van der Waals surface area contributed by atoms with Gasteiger partial charge >= 0.3 is 6.18 Å². The molecule has 3 aromatic heterocycles. The van der Waals surface area contributed by atoms with Gasteiger partial charge in [0, 0.05) is 29.3 Å². The Hall–Kier alpha value is -2.94. The van der Waals surface area contributed by atoms with Crippen LogP contribution in [0.25, 0.3) is 33.5 Å². The Morgan fingerprint density at radius 2 is 1.72 bits per heavy atom. The molecule has 0 N–H and O–H groups in total. The van der Waals surface area contributed by atoms with E-state index < -0.39 is 30.1 Å². The first-order chi connectivity index (χ1) is 17.2. The lowest BCUT2D eigenvalue weighted by molar-refractivity contribution is -0.137. The number of hydrogen-bond donors (Lipinski definition) is 0. The van der Waals surface area contributed by atoms with Crippen LogP contribution in [0.2, 0.25) is 0 Å². The van der Waals surface area contributed by atoms with Gasteiger partial charge in [-0.15, -0.1) is 11.8 Å². The van der Waals surface area contributed by atoms with Gasteiger partial charge in [0.1, 0.15) is 11.7 Å². The van der Waals surface area contributed by atoms with E-state index in [2.05, 4.69) is 34.2 Å². The standard InChI is InChI=1S/C27H22F5N3S/c1-2-36-23-9-18(17-7-5-16(6-8-17)15-3-4-15)13-34-25(23)22-11-20-21(35(22)24-12-26(24,28)29)10-19(14-33-20)27(30,31)32/h5-11,13-15,24H,2-4,12H2,1H3. The molecule has 186 valence electrons. The van der Waals surface area contributed by atoms with E-state index >= 15 is 0 Å². The highest BCUT2D eigenvalue weighted by molar-refractivity contribution is 7.99. The lowest BCUT2D eigenvalue weighted by atomic mass is 10.0. The van der Waals surface area contributed by atoms with E-state index in [9.17, 15) is 22.0 Å². The second-order valence-corrected chi connectivity index (χ2v) is 10.7. The van der Waals surface area contributed by atoms with Gasteiger partial charge in [0.25, 0.3) is 5.92 Å². The Balaban J connectivity index is 1.48. The highest BCUT2D eigenvalue weighted by Gasteiger charge is 2.59. The average Bonchev–Trinajstić information content (AvgIpc) is 3.75. The van der Waals surface area contributed by atoms with Crippen molar-refractivity contribution in [2.75, 3.05) is 5.75 Å². The molecule has 1 unspecified atom stereocenters. The summed E-state index contributed by atoms with van der Waals surface area (Å²) < 4.78 is 69.9. The fourth-order valence-corrected chi connectivity index (χ4v) is 5.49. The van der Waals surface area contributed by atoms with E-state index in [0.717, 1.165) is 34.0 Å². The first-order valence-corrected chi connectivity index (χ1v) is 12.8. The Bertz CT molecular complexity index is 1460. The minimum absolute atomic E-state index is 0.0380. The third-order valence-electron chi connectivity index (χ3n) is 6.81. The third-order valence-corrected chi connectivity index (χ3v) is 7.72. The van der Waals surface area contributed by atoms with E-state index in [1.54, 1.807) is 12.3 Å². The Kier molecular flexibility index (Phi) is 5.41. The fraction of sp³-hybridized carbons (Fsp3) is 0.333. The number of pyridine rings is 2. The largest absolute Gasteiger partial charge is 0.417 e. The van der Waals surface area contributed by atoms with E-state index in [-0.39, 0.29) is 11.0 Å². The van der Waals surface area contributed by atoms with Gasteiger partial charge in [0.2, 0.25) is 0 Å². The summed E-state index contributed by atoms with van der Waals surface area (Å²) in [5.41, 5.74) is 3.35. The highest BCUT2D eigenvalue weighted by atomic mass is 32.2. The van der Waals surface area contributed by atoms with Gasteiger partial charge in [-0.3, -0.25) is 9.97 Å². The Morgan fingerprint density at radius 1 is 1.00 bits per heavy atom. The van der Waals surface area contributed by atoms with Gasteiger partial charge in [-0.25, -0.2) is 8.78 Å². The van der Waals surface area contributed by atoms with Gasteiger partial charge in [-0.05, 0) is 53.8 Å². The van der Waals surface area contributed by atoms with Gasteiger partial charge in [0.05, 0.1) is 22.3 Å². The molecule has 36 heavy (non-hydrogen) atoms. The average molecular weight is 516 g/mol. The molecule has 3 nitrogen and oxygen atoms in total. The molecule has 6 rings (SSSR count). The number of rotatable bonds is 6. The molecular formula is C27H22F5N3S. The molecule has 2 saturated carbocycles. The van der Waals surface area contributed by atoms with Crippen molar-refractivity contribution in [3.05, 3.63) is 66.0 Å². The lowest BCUT2D eigenvalue weighted by Crippen LogP contribution is -2.08. The SMILES string of the molecule is CCSc1cc(-c2ccc(C3CC3)cc2)cnc1-c1cc2ncc(C(F)(F)F)cc2n1C1CC1(F)F. The molecule has 0 amide bonds. The van der Waals surface area contributed by atoms with Crippen LogP contribution >= 0.6 is 11.8 Å². The van der Waals surface area contributed by atoms with Gasteiger partial charge in [0.15, 0.2) is 0 Å². The molecule has 3 heterocycles. The van der Waals surface area contributed by atoms with E-state index in [0.29, 0.717) is 17.3 Å². The van der Waals surface area contributed by atoms with Crippen LogP contribution in [0, 0.1) is 0 Å². The summed E-state index contributed by atoms with van der Waals surface area (Å²) in [7, 11) is 0. The number of halogens is 5. The first kappa shape index (κ1) is 23.5. The van der Waals surface area contributed by atoms with Crippen molar-refractivity contribution < 1.29 is 22.0 Å². The number of benzene rings is 1. The maximum atomic E-state index is 14.3. The van der Waals surface area contributed by atoms with Crippen molar-refractivity contribution in [1.29, 1.82) is 0 Å². The van der Waals surface area contributed by atoms with Crippen LogP contribution < -0.4 is 0 Å². The predicted octanol–water partition coefficient (Wildman–Crippen LogP) is 8.35. The first-order valence-electron chi connectivity index (χ1n) is 11.9. The monoisotopic (exact) mass is 515 g/mol. The zero-order chi connectivity index (χ0) is 25.2. The molecule has 9 heteroatoms. The maximum absolute atomic E-state index is 14.3. The molecule has 2 aliphatic rings. The molecule has 0 aliphatic heterocycles. The summed E-state index contributed by atoms with van der Waals surface area (Å²) in [6, 6.07) is 11.6. The summed E-state index contributed by atoms with van der Waals surface area (Å²) in [5.74, 6) is -1.62. The smallest absolute Gasteiger partial charge is 0.328 e. The zero-order valence-corrected chi connectivity index (χ0v) is 20.1. The van der Waals surface area contributed by atoms with Crippen molar-refractivity contribution in [3.63, 3.8) is 0 Å². The summed E-state index contributed by atoms with van der Waals surface area (Å²) in [4.78, 5) is 9.41. The quantitative estimate of drug-likeness (QED) is 0.191. The number of thioether (sulfide) groups is 1. The van der Waals surface area contributed by atoms with E-state index in [4.69, 9.17) is 0 Å². The Labute approximate surface area is 208 Å². The van der Waals surface area contributed by atoms with Crippen LogP contribution in [0.3, 0.4) is 0 Å². The molecule has 2 fully saturated rings. The van der Waals surface area contributed by atoms with Gasteiger partial charge in [-0.2, -0.15) is 13.2 Å². The molecule has 0 saturated heterocycles. The number of hydrogen-bond acceptors (Lipinski definition) is 3. The molecule has 4 aromatic rings. The summed E-state index contributed by atoms with van der Waals surface area (Å²) in [6.45, 7) is 1.98. The van der Waals surface area contributed by atoms with Crippen LogP contribution in [0.5, 0.6) is 0 Å². The summed E-state index contributed by atoms with van der Waals surface area (Å²) in [5, 5.41) is 0. The third kappa shape index (κ3) is 4.17. The van der Waals surface area contributed by atoms with Crippen molar-refractivity contribution in [2.24, 2.45) is 0 Å². The van der Waals surface area contributed by atoms with E-state index in [1.807, 2.05) is 13.0 Å². The van der Waals surface area contributed by atoms with Crippen molar-refractivity contribution in [1.82, 2.24) is 14.5 Å². The molecule has 1 aromatic carbocycles. The number of nitrogens with zero attached hydrogens (tertiary/aromatic N) is 3. The molecule has 0 bridgehead atoms. The molecular weight excluding hydrogens is 493 g/mol. The molecule has 0 spiro atoms. The van der Waals surface area contributed by atoms with Crippen LogP contribution in [0.15, 0.2) is 59.8 Å². The van der Waals surface area contributed by atoms with Crippen LogP contribution in [0.1, 0.15) is 49.3 Å². The van der Waals surface area contributed by atoms with Gasteiger partial charge < -0.3 is 4.57 Å². The molecule has 1 atom stereocenters. The predicted molar refractivity (Wildman–Crippen MR) is 130 cm³/mol. The minimum atomic E-state index is -4.62. The molecule has 0 radical (unpaired) electrons. The van der Waals surface area contributed by atoms with Crippen LogP contribution in [-0.4, -0.2) is 26.2 Å². The van der Waals surface area contributed by atoms with Gasteiger partial charge in [-0.1, -0.05) is 31.2 Å². The zero-order valence-electron chi connectivity index (χ0n) is 19.3.